The summed E-state index contributed by atoms with van der Waals surface area (Å²) in [5.74, 6) is -0.561. The van der Waals surface area contributed by atoms with Gasteiger partial charge in [0.2, 0.25) is 0 Å². The van der Waals surface area contributed by atoms with Crippen LogP contribution in [0.1, 0.15) is 23.1 Å². The Balaban J connectivity index is 2.32. The third kappa shape index (κ3) is 3.21. The number of hydrogen-bond donors (Lipinski definition) is 2. The summed E-state index contributed by atoms with van der Waals surface area (Å²) in [7, 11) is 0. The lowest BCUT2D eigenvalue weighted by molar-refractivity contribution is 0.146. The van der Waals surface area contributed by atoms with Crippen LogP contribution in [-0.4, -0.2) is 11.7 Å². The van der Waals surface area contributed by atoms with Gasteiger partial charge in [-0.3, -0.25) is 0 Å². The fraction of sp³-hybridized carbons (Fsp3) is 0.200. The molecule has 2 aromatic carbocycles. The highest BCUT2D eigenvalue weighted by Gasteiger charge is 2.23. The van der Waals surface area contributed by atoms with Gasteiger partial charge in [0.1, 0.15) is 5.82 Å². The Morgan fingerprint density at radius 2 is 1.74 bits per heavy atom. The molecule has 0 aliphatic carbocycles. The highest BCUT2D eigenvalue weighted by molar-refractivity contribution is 9.10. The van der Waals surface area contributed by atoms with E-state index in [2.05, 4.69) is 15.9 Å². The Labute approximate surface area is 120 Å². The van der Waals surface area contributed by atoms with Crippen molar-refractivity contribution < 1.29 is 9.50 Å². The third-order valence-electron chi connectivity index (χ3n) is 3.16. The Morgan fingerprint density at radius 1 is 1.11 bits per heavy atom. The molecule has 0 saturated carbocycles. The third-order valence-corrected chi connectivity index (χ3v) is 3.88. The summed E-state index contributed by atoms with van der Waals surface area (Å²) < 4.78 is 13.8. The second-order valence-electron chi connectivity index (χ2n) is 4.36. The zero-order valence-electron chi connectivity index (χ0n) is 10.3. The lowest BCUT2D eigenvalue weighted by Crippen LogP contribution is -2.20. The largest absolute Gasteiger partial charge is 0.388 e. The van der Waals surface area contributed by atoms with Crippen LogP contribution in [-0.2, 0) is 0 Å². The molecule has 0 aromatic heterocycles. The zero-order chi connectivity index (χ0) is 13.8. The second-order valence-corrected chi connectivity index (χ2v) is 5.21. The molecule has 2 nitrogen and oxygen atoms in total. The summed E-state index contributed by atoms with van der Waals surface area (Å²) in [4.78, 5) is 0. The van der Waals surface area contributed by atoms with Gasteiger partial charge in [-0.15, -0.1) is 0 Å². The molecule has 0 heterocycles. The van der Waals surface area contributed by atoms with Gasteiger partial charge in [-0.2, -0.15) is 0 Å². The molecular weight excluding hydrogens is 309 g/mol. The molecular formula is C15H15BrFNO. The van der Waals surface area contributed by atoms with Gasteiger partial charge in [0.05, 0.1) is 6.10 Å². The van der Waals surface area contributed by atoms with Crippen molar-refractivity contribution in [1.29, 1.82) is 0 Å². The normalized spacial score (nSPS) is 14.1. The molecule has 2 aromatic rings. The standard InChI is InChI=1S/C15H15BrFNO/c16-14-4-2-1-3-12(14)15(19)13(9-18)10-5-7-11(17)8-6-10/h1-8,13,15,19H,9,18H2. The van der Waals surface area contributed by atoms with Gasteiger partial charge in [-0.1, -0.05) is 46.3 Å². The van der Waals surface area contributed by atoms with Gasteiger partial charge in [-0.25, -0.2) is 4.39 Å². The number of aliphatic hydroxyl groups is 1. The molecule has 0 spiro atoms. The quantitative estimate of drug-likeness (QED) is 0.906. The Kier molecular flexibility index (Phi) is 4.69. The van der Waals surface area contributed by atoms with Crippen LogP contribution in [0.4, 0.5) is 4.39 Å². The van der Waals surface area contributed by atoms with Crippen LogP contribution in [0.25, 0.3) is 0 Å². The Bertz CT molecular complexity index is 544. The van der Waals surface area contributed by atoms with E-state index in [0.717, 1.165) is 15.6 Å². The Hall–Kier alpha value is -1.23. The van der Waals surface area contributed by atoms with Crippen LogP contribution < -0.4 is 5.73 Å². The minimum absolute atomic E-state index is 0.265. The molecule has 19 heavy (non-hydrogen) atoms. The van der Waals surface area contributed by atoms with Gasteiger partial charge < -0.3 is 10.8 Å². The predicted molar refractivity (Wildman–Crippen MR) is 77.3 cm³/mol. The maximum atomic E-state index is 12.9. The van der Waals surface area contributed by atoms with E-state index >= 15 is 0 Å². The minimum Gasteiger partial charge on any atom is -0.388 e. The average Bonchev–Trinajstić information content (AvgIpc) is 2.42. The van der Waals surface area contributed by atoms with Crippen LogP contribution in [0.15, 0.2) is 53.0 Å². The highest BCUT2D eigenvalue weighted by atomic mass is 79.9. The van der Waals surface area contributed by atoms with Crippen molar-refractivity contribution in [3.63, 3.8) is 0 Å². The van der Waals surface area contributed by atoms with Crippen LogP contribution in [0.5, 0.6) is 0 Å². The zero-order valence-corrected chi connectivity index (χ0v) is 11.8. The molecule has 3 N–H and O–H groups in total. The minimum atomic E-state index is -0.731. The molecule has 0 aliphatic rings. The van der Waals surface area contributed by atoms with E-state index in [1.807, 2.05) is 24.3 Å². The lowest BCUT2D eigenvalue weighted by Gasteiger charge is -2.23. The first-order chi connectivity index (χ1) is 9.13. The van der Waals surface area contributed by atoms with Crippen molar-refractivity contribution in [2.45, 2.75) is 12.0 Å². The monoisotopic (exact) mass is 323 g/mol. The van der Waals surface area contributed by atoms with Crippen LogP contribution in [0.2, 0.25) is 0 Å². The number of hydrogen-bond acceptors (Lipinski definition) is 2. The summed E-state index contributed by atoms with van der Waals surface area (Å²) in [6.45, 7) is 0.286. The summed E-state index contributed by atoms with van der Waals surface area (Å²) in [6.07, 6.45) is -0.731. The first-order valence-corrected chi connectivity index (χ1v) is 6.81. The molecule has 0 saturated heterocycles. The van der Waals surface area contributed by atoms with E-state index in [9.17, 15) is 9.50 Å². The smallest absolute Gasteiger partial charge is 0.123 e. The van der Waals surface area contributed by atoms with Gasteiger partial charge in [0.25, 0.3) is 0 Å². The molecule has 2 atom stereocenters. The van der Waals surface area contributed by atoms with Crippen molar-refractivity contribution >= 4 is 15.9 Å². The van der Waals surface area contributed by atoms with Crippen molar-refractivity contribution in [2.24, 2.45) is 5.73 Å². The fourth-order valence-corrected chi connectivity index (χ4v) is 2.61. The average molecular weight is 324 g/mol. The Morgan fingerprint density at radius 3 is 2.32 bits per heavy atom. The van der Waals surface area contributed by atoms with Gasteiger partial charge in [0.15, 0.2) is 0 Å². The summed E-state index contributed by atoms with van der Waals surface area (Å²) in [5, 5.41) is 10.5. The summed E-state index contributed by atoms with van der Waals surface area (Å²) in [5.41, 5.74) is 7.37. The van der Waals surface area contributed by atoms with Crippen molar-refractivity contribution in [3.8, 4) is 0 Å². The van der Waals surface area contributed by atoms with E-state index in [-0.39, 0.29) is 18.3 Å². The number of benzene rings is 2. The molecule has 0 aliphatic heterocycles. The van der Waals surface area contributed by atoms with Crippen molar-refractivity contribution in [1.82, 2.24) is 0 Å². The number of aliphatic hydroxyl groups excluding tert-OH is 1. The fourth-order valence-electron chi connectivity index (χ4n) is 2.09. The number of halogens is 2. The first-order valence-electron chi connectivity index (χ1n) is 6.01. The maximum Gasteiger partial charge on any atom is 0.123 e. The van der Waals surface area contributed by atoms with Crippen LogP contribution in [0.3, 0.4) is 0 Å². The van der Waals surface area contributed by atoms with Crippen LogP contribution in [0, 0.1) is 5.82 Å². The SMILES string of the molecule is NCC(c1ccc(F)cc1)C(O)c1ccccc1Br. The van der Waals surface area contributed by atoms with E-state index < -0.39 is 6.10 Å². The van der Waals surface area contributed by atoms with Crippen molar-refractivity contribution in [3.05, 3.63) is 69.9 Å². The molecule has 100 valence electrons. The van der Waals surface area contributed by atoms with E-state index in [0.29, 0.717) is 0 Å². The summed E-state index contributed by atoms with van der Waals surface area (Å²) in [6, 6.07) is 13.5. The molecule has 4 heteroatoms. The number of nitrogens with two attached hydrogens (primary N) is 1. The molecule has 2 unspecified atom stereocenters. The van der Waals surface area contributed by atoms with E-state index in [1.54, 1.807) is 12.1 Å². The molecule has 0 fully saturated rings. The second kappa shape index (κ2) is 6.28. The van der Waals surface area contributed by atoms with E-state index in [1.165, 1.54) is 12.1 Å². The molecule has 0 amide bonds. The van der Waals surface area contributed by atoms with Gasteiger partial charge in [-0.05, 0) is 29.3 Å². The lowest BCUT2D eigenvalue weighted by atomic mass is 9.89. The number of rotatable bonds is 4. The van der Waals surface area contributed by atoms with Gasteiger partial charge >= 0.3 is 0 Å². The van der Waals surface area contributed by atoms with Gasteiger partial charge in [0, 0.05) is 16.9 Å². The summed E-state index contributed by atoms with van der Waals surface area (Å²) >= 11 is 3.42. The topological polar surface area (TPSA) is 46.2 Å². The molecule has 0 radical (unpaired) electrons. The van der Waals surface area contributed by atoms with E-state index in [4.69, 9.17) is 5.73 Å². The molecule has 0 bridgehead atoms. The highest BCUT2D eigenvalue weighted by Crippen LogP contribution is 2.33. The van der Waals surface area contributed by atoms with Crippen LogP contribution >= 0.6 is 15.9 Å². The molecule has 2 rings (SSSR count). The predicted octanol–water partition coefficient (Wildman–Crippen LogP) is 3.36. The first kappa shape index (κ1) is 14.2. The van der Waals surface area contributed by atoms with Crippen molar-refractivity contribution in [2.75, 3.05) is 6.54 Å². The maximum absolute atomic E-state index is 12.9.